The number of aliphatic imine (C=N–C) groups is 1. The first-order valence-electron chi connectivity index (χ1n) is 12.9. The molecule has 7 rings (SSSR count). The van der Waals surface area contributed by atoms with Gasteiger partial charge >= 0.3 is 0 Å². The first kappa shape index (κ1) is 22.2. The van der Waals surface area contributed by atoms with Gasteiger partial charge in [0.05, 0.1) is 0 Å². The van der Waals surface area contributed by atoms with Gasteiger partial charge in [-0.2, -0.15) is 0 Å². The second-order valence-corrected chi connectivity index (χ2v) is 10.4. The van der Waals surface area contributed by atoms with Crippen molar-refractivity contribution in [3.05, 3.63) is 108 Å². The van der Waals surface area contributed by atoms with E-state index in [0.717, 1.165) is 37.9 Å². The fourth-order valence-corrected chi connectivity index (χ4v) is 6.85. The second-order valence-electron chi connectivity index (χ2n) is 10.4. The van der Waals surface area contributed by atoms with E-state index < -0.39 is 5.54 Å². The number of amides is 1. The van der Waals surface area contributed by atoms with Crippen LogP contribution in [0.2, 0.25) is 0 Å². The van der Waals surface area contributed by atoms with Gasteiger partial charge in [0.1, 0.15) is 0 Å². The lowest BCUT2D eigenvalue weighted by atomic mass is 9.54. The van der Waals surface area contributed by atoms with E-state index >= 15 is 0 Å². The van der Waals surface area contributed by atoms with Crippen LogP contribution in [0.5, 0.6) is 0 Å². The topological polar surface area (TPSA) is 44.7 Å². The molecular formula is C31H33N3O. The van der Waals surface area contributed by atoms with Crippen LogP contribution < -0.4 is 5.32 Å². The Bertz CT molecular complexity index is 1180. The molecule has 3 heterocycles. The Morgan fingerprint density at radius 2 is 1.51 bits per heavy atom. The standard InChI is InChI=1S/C31H33N3O/c35-30(32-20-24-12-6-2-7-13-24)31-27-16-17-34(22-25-14-8-3-9-15-25)29(31)28(26(19-27)21-33-31)18-23-10-4-1-5-11-23/h1-15,21,26-29H,16-20,22H2,(H,32,35)/t26-,27+,28+,29-,31-/m0/s1. The number of nitrogens with zero attached hydrogens (tertiary/aromatic N) is 2. The van der Waals surface area contributed by atoms with Crippen molar-refractivity contribution in [1.29, 1.82) is 0 Å². The molecule has 4 bridgehead atoms. The number of nitrogens with one attached hydrogen (secondary N) is 1. The van der Waals surface area contributed by atoms with Crippen LogP contribution in [0.1, 0.15) is 29.5 Å². The summed E-state index contributed by atoms with van der Waals surface area (Å²) in [6.45, 7) is 2.42. The van der Waals surface area contributed by atoms with Crippen molar-refractivity contribution in [1.82, 2.24) is 10.2 Å². The fourth-order valence-electron chi connectivity index (χ4n) is 6.85. The number of likely N-dealkylation sites (tertiary alicyclic amines) is 1. The molecule has 1 N–H and O–H groups in total. The number of carbonyl (C=O) groups excluding carboxylic acids is 1. The van der Waals surface area contributed by atoms with E-state index in [2.05, 4.69) is 89.2 Å². The smallest absolute Gasteiger partial charge is 0.250 e. The summed E-state index contributed by atoms with van der Waals surface area (Å²) in [6, 6.07) is 31.8. The van der Waals surface area contributed by atoms with Crippen molar-refractivity contribution in [2.75, 3.05) is 6.54 Å². The highest BCUT2D eigenvalue weighted by Gasteiger charge is 2.64. The average Bonchev–Trinajstić information content (AvgIpc) is 2.92. The van der Waals surface area contributed by atoms with Crippen molar-refractivity contribution in [2.45, 2.75) is 43.9 Å². The summed E-state index contributed by atoms with van der Waals surface area (Å²) in [5, 5.41) is 3.30. The molecule has 1 saturated heterocycles. The molecule has 3 aromatic rings. The molecule has 1 amide bonds. The molecule has 4 heteroatoms. The monoisotopic (exact) mass is 463 g/mol. The van der Waals surface area contributed by atoms with Gasteiger partial charge in [0, 0.05) is 25.3 Å². The van der Waals surface area contributed by atoms with Crippen molar-refractivity contribution >= 4 is 12.1 Å². The molecule has 178 valence electrons. The van der Waals surface area contributed by atoms with Gasteiger partial charge in [0.15, 0.2) is 5.54 Å². The number of benzene rings is 3. The van der Waals surface area contributed by atoms with E-state index in [1.54, 1.807) is 0 Å². The molecular weight excluding hydrogens is 430 g/mol. The number of hydrogen-bond donors (Lipinski definition) is 1. The van der Waals surface area contributed by atoms with E-state index in [1.807, 2.05) is 18.2 Å². The van der Waals surface area contributed by atoms with Crippen LogP contribution >= 0.6 is 0 Å². The van der Waals surface area contributed by atoms with Gasteiger partial charge in [-0.25, -0.2) is 0 Å². The first-order valence-corrected chi connectivity index (χ1v) is 12.9. The predicted octanol–water partition coefficient (Wildman–Crippen LogP) is 4.90. The zero-order valence-electron chi connectivity index (χ0n) is 20.1. The molecule has 3 aliphatic heterocycles. The van der Waals surface area contributed by atoms with Gasteiger partial charge in [-0.05, 0) is 60.3 Å². The molecule has 2 fully saturated rings. The van der Waals surface area contributed by atoms with Crippen molar-refractivity contribution in [2.24, 2.45) is 22.7 Å². The number of hydrogen-bond acceptors (Lipinski definition) is 3. The molecule has 0 spiro atoms. The lowest BCUT2D eigenvalue weighted by Crippen LogP contribution is -2.74. The lowest BCUT2D eigenvalue weighted by molar-refractivity contribution is -0.144. The highest BCUT2D eigenvalue weighted by atomic mass is 16.2. The lowest BCUT2D eigenvalue weighted by Gasteiger charge is -2.61. The molecule has 1 aliphatic carbocycles. The quantitative estimate of drug-likeness (QED) is 0.542. The Morgan fingerprint density at radius 1 is 0.886 bits per heavy atom. The van der Waals surface area contributed by atoms with Crippen molar-refractivity contribution in [3.8, 4) is 0 Å². The van der Waals surface area contributed by atoms with Gasteiger partial charge in [-0.15, -0.1) is 0 Å². The van der Waals surface area contributed by atoms with Crippen LogP contribution in [0.15, 0.2) is 96.0 Å². The van der Waals surface area contributed by atoms with Crippen LogP contribution in [0, 0.1) is 17.8 Å². The van der Waals surface area contributed by atoms with Gasteiger partial charge in [0.25, 0.3) is 0 Å². The summed E-state index contributed by atoms with van der Waals surface area (Å²) >= 11 is 0. The van der Waals surface area contributed by atoms with Crippen molar-refractivity contribution < 1.29 is 4.79 Å². The molecule has 4 nitrogen and oxygen atoms in total. The van der Waals surface area contributed by atoms with E-state index in [-0.39, 0.29) is 11.9 Å². The summed E-state index contributed by atoms with van der Waals surface area (Å²) in [6.07, 6.45) is 5.20. The fraction of sp³-hybridized carbons (Fsp3) is 0.355. The third kappa shape index (κ3) is 4.10. The van der Waals surface area contributed by atoms with Gasteiger partial charge in [-0.3, -0.25) is 14.7 Å². The Morgan fingerprint density at radius 3 is 2.20 bits per heavy atom. The molecule has 3 aromatic carbocycles. The molecule has 0 unspecified atom stereocenters. The van der Waals surface area contributed by atoms with Gasteiger partial charge < -0.3 is 5.32 Å². The zero-order chi connectivity index (χ0) is 23.7. The minimum absolute atomic E-state index is 0.0983. The highest BCUT2D eigenvalue weighted by Crippen LogP contribution is 2.53. The number of carbonyl (C=O) groups is 1. The maximum Gasteiger partial charge on any atom is 0.250 e. The normalized spacial score (nSPS) is 29.1. The Hall–Kier alpha value is -3.24. The molecule has 5 atom stereocenters. The SMILES string of the molecule is O=C(NCc1ccccc1)[C@]12N=C[C@@H]3C[C@H]1CCN(Cc1ccccc1)[C@H]2[C@@H]3Cc1ccccc1. The van der Waals surface area contributed by atoms with Gasteiger partial charge in [-0.1, -0.05) is 91.0 Å². The summed E-state index contributed by atoms with van der Waals surface area (Å²) in [7, 11) is 0. The third-order valence-corrected chi connectivity index (χ3v) is 8.43. The van der Waals surface area contributed by atoms with Crippen LogP contribution in [-0.2, 0) is 24.3 Å². The maximum atomic E-state index is 14.1. The summed E-state index contributed by atoms with van der Waals surface area (Å²) in [5.41, 5.74) is 3.06. The third-order valence-electron chi connectivity index (χ3n) is 8.43. The first-order chi connectivity index (χ1) is 17.2. The van der Waals surface area contributed by atoms with Gasteiger partial charge in [0.2, 0.25) is 5.91 Å². The van der Waals surface area contributed by atoms with Crippen LogP contribution in [0.3, 0.4) is 0 Å². The molecule has 4 aliphatic rings. The Kier molecular flexibility index (Phi) is 5.99. The van der Waals surface area contributed by atoms with E-state index in [1.165, 1.54) is 11.1 Å². The van der Waals surface area contributed by atoms with Crippen LogP contribution in [0.25, 0.3) is 0 Å². The number of rotatable bonds is 7. The summed E-state index contributed by atoms with van der Waals surface area (Å²) < 4.78 is 0. The van der Waals surface area contributed by atoms with E-state index in [9.17, 15) is 4.79 Å². The summed E-state index contributed by atoms with van der Waals surface area (Å²) in [5.74, 6) is 1.20. The van der Waals surface area contributed by atoms with E-state index in [0.29, 0.717) is 24.3 Å². The number of piperidine rings is 1. The zero-order valence-corrected chi connectivity index (χ0v) is 20.1. The van der Waals surface area contributed by atoms with Crippen molar-refractivity contribution in [3.63, 3.8) is 0 Å². The van der Waals surface area contributed by atoms with Crippen LogP contribution in [-0.4, -0.2) is 35.1 Å². The predicted molar refractivity (Wildman–Crippen MR) is 140 cm³/mol. The average molecular weight is 464 g/mol. The molecule has 0 aromatic heterocycles. The minimum atomic E-state index is -0.712. The Balaban J connectivity index is 1.35. The summed E-state index contributed by atoms with van der Waals surface area (Å²) in [4.78, 5) is 21.8. The molecule has 1 saturated carbocycles. The van der Waals surface area contributed by atoms with E-state index in [4.69, 9.17) is 4.99 Å². The molecule has 35 heavy (non-hydrogen) atoms. The second kappa shape index (κ2) is 9.43. The molecule has 0 radical (unpaired) electrons. The largest absolute Gasteiger partial charge is 0.350 e. The van der Waals surface area contributed by atoms with Crippen LogP contribution in [0.4, 0.5) is 0 Å². The Labute approximate surface area is 208 Å². The highest BCUT2D eigenvalue weighted by molar-refractivity contribution is 5.91. The maximum absolute atomic E-state index is 14.1. The minimum Gasteiger partial charge on any atom is -0.350 e.